The Balaban J connectivity index is 2.19. The summed E-state index contributed by atoms with van der Waals surface area (Å²) in [5.74, 6) is -0.479. The highest BCUT2D eigenvalue weighted by Crippen LogP contribution is 2.13. The topological polar surface area (TPSA) is 61.8 Å². The van der Waals surface area contributed by atoms with E-state index in [9.17, 15) is 9.59 Å². The first-order chi connectivity index (χ1) is 25.2. The first-order valence-electron chi connectivity index (χ1n) is 21.1. The third kappa shape index (κ3) is 33.0. The molecule has 0 spiro atoms. The summed E-state index contributed by atoms with van der Waals surface area (Å²) in [6, 6.07) is 9.91. The minimum atomic E-state index is -0.600. The summed E-state index contributed by atoms with van der Waals surface area (Å²) in [5.41, 5.74) is 1.05. The molecule has 0 aliphatic carbocycles. The molecule has 0 aliphatic rings. The van der Waals surface area contributed by atoms with Gasteiger partial charge in [-0.2, -0.15) is 0 Å². The molecule has 1 aromatic rings. The lowest BCUT2D eigenvalue weighted by atomic mass is 10.1. The van der Waals surface area contributed by atoms with Crippen LogP contribution in [-0.4, -0.2) is 31.3 Å². The maximum Gasteiger partial charge on any atom is 0.306 e. The van der Waals surface area contributed by atoms with E-state index in [1.165, 1.54) is 96.3 Å². The molecule has 51 heavy (non-hydrogen) atoms. The standard InChI is InChI=1S/C46H76O5/c1-3-5-7-9-11-13-15-17-19-21-23-25-27-29-34-38-45(47)50-42-44(41-49-40-43-36-32-31-33-37-43)51-46(48)39-35-30-28-26-24-22-20-18-16-14-12-10-8-6-4-2/h12,14,17-20,31-33,36-37,44H,3-11,13,15-16,21-30,34-35,38-42H2,1-2H3/b14-12-,19-17-,20-18-/t44-/m0/s1. The summed E-state index contributed by atoms with van der Waals surface area (Å²) < 4.78 is 17.1. The minimum Gasteiger partial charge on any atom is -0.462 e. The van der Waals surface area contributed by atoms with Crippen LogP contribution in [0.15, 0.2) is 66.8 Å². The summed E-state index contributed by atoms with van der Waals surface area (Å²) in [5, 5.41) is 0. The molecule has 0 heterocycles. The molecule has 0 amide bonds. The van der Waals surface area contributed by atoms with Gasteiger partial charge in [-0.25, -0.2) is 0 Å². The number of carbonyl (C=O) groups excluding carboxylic acids is 2. The molecular weight excluding hydrogens is 633 g/mol. The van der Waals surface area contributed by atoms with Gasteiger partial charge in [0.2, 0.25) is 0 Å². The predicted octanol–water partition coefficient (Wildman–Crippen LogP) is 13.5. The maximum absolute atomic E-state index is 12.7. The van der Waals surface area contributed by atoms with E-state index in [1.807, 2.05) is 30.3 Å². The largest absolute Gasteiger partial charge is 0.462 e. The Morgan fingerprint density at radius 2 is 0.980 bits per heavy atom. The molecular formula is C46H76O5. The highest BCUT2D eigenvalue weighted by molar-refractivity contribution is 5.70. The first kappa shape index (κ1) is 46.4. The van der Waals surface area contributed by atoms with E-state index in [0.29, 0.717) is 19.4 Å². The highest BCUT2D eigenvalue weighted by atomic mass is 16.6. The minimum absolute atomic E-state index is 0.0343. The number of allylic oxidation sites excluding steroid dienone is 6. The maximum atomic E-state index is 12.7. The molecule has 290 valence electrons. The summed E-state index contributed by atoms with van der Waals surface area (Å²) in [7, 11) is 0. The Bertz CT molecular complexity index is 998. The van der Waals surface area contributed by atoms with Crippen LogP contribution in [0.4, 0.5) is 0 Å². The summed E-state index contributed by atoms with van der Waals surface area (Å²) >= 11 is 0. The fourth-order valence-corrected chi connectivity index (χ4v) is 5.92. The van der Waals surface area contributed by atoms with Gasteiger partial charge in [0.05, 0.1) is 13.2 Å². The normalized spacial score (nSPS) is 12.4. The van der Waals surface area contributed by atoms with Crippen molar-refractivity contribution in [2.24, 2.45) is 0 Å². The van der Waals surface area contributed by atoms with Crippen LogP contribution >= 0.6 is 0 Å². The second-order valence-electron chi connectivity index (χ2n) is 14.1. The van der Waals surface area contributed by atoms with Crippen molar-refractivity contribution < 1.29 is 23.8 Å². The van der Waals surface area contributed by atoms with Gasteiger partial charge in [0.25, 0.3) is 0 Å². The third-order valence-corrected chi connectivity index (χ3v) is 9.12. The molecule has 0 N–H and O–H groups in total. The Labute approximate surface area is 314 Å². The van der Waals surface area contributed by atoms with Crippen molar-refractivity contribution in [3.05, 3.63) is 72.4 Å². The molecule has 0 saturated carbocycles. The van der Waals surface area contributed by atoms with Crippen molar-refractivity contribution in [3.63, 3.8) is 0 Å². The number of esters is 2. The summed E-state index contributed by atoms with van der Waals surface area (Å²) in [6.45, 7) is 5.16. The van der Waals surface area contributed by atoms with Gasteiger partial charge < -0.3 is 14.2 Å². The van der Waals surface area contributed by atoms with Crippen LogP contribution < -0.4 is 0 Å². The molecule has 1 rings (SSSR count). The number of ether oxygens (including phenoxy) is 3. The Hall–Kier alpha value is -2.66. The van der Waals surface area contributed by atoms with Crippen LogP contribution in [0.1, 0.15) is 186 Å². The van der Waals surface area contributed by atoms with Crippen LogP contribution in [-0.2, 0) is 30.4 Å². The van der Waals surface area contributed by atoms with Gasteiger partial charge in [0.1, 0.15) is 6.61 Å². The second-order valence-corrected chi connectivity index (χ2v) is 14.1. The van der Waals surface area contributed by atoms with Crippen LogP contribution in [0.5, 0.6) is 0 Å². The number of carbonyl (C=O) groups is 2. The van der Waals surface area contributed by atoms with Crippen molar-refractivity contribution in [2.75, 3.05) is 13.2 Å². The van der Waals surface area contributed by atoms with E-state index < -0.39 is 6.10 Å². The third-order valence-electron chi connectivity index (χ3n) is 9.12. The zero-order valence-corrected chi connectivity index (χ0v) is 33.0. The monoisotopic (exact) mass is 709 g/mol. The van der Waals surface area contributed by atoms with Crippen molar-refractivity contribution >= 4 is 11.9 Å². The van der Waals surface area contributed by atoms with Crippen LogP contribution in [0.2, 0.25) is 0 Å². The van der Waals surface area contributed by atoms with Gasteiger partial charge in [-0.1, -0.05) is 164 Å². The van der Waals surface area contributed by atoms with Crippen molar-refractivity contribution in [1.82, 2.24) is 0 Å². The molecule has 1 atom stereocenters. The molecule has 1 aromatic carbocycles. The van der Waals surface area contributed by atoms with Gasteiger partial charge >= 0.3 is 11.9 Å². The van der Waals surface area contributed by atoms with E-state index in [4.69, 9.17) is 14.2 Å². The molecule has 5 heteroatoms. The van der Waals surface area contributed by atoms with Gasteiger partial charge in [0, 0.05) is 12.8 Å². The fourth-order valence-electron chi connectivity index (χ4n) is 5.92. The van der Waals surface area contributed by atoms with Gasteiger partial charge in [-0.15, -0.1) is 0 Å². The van der Waals surface area contributed by atoms with Crippen LogP contribution in [0.3, 0.4) is 0 Å². The summed E-state index contributed by atoms with van der Waals surface area (Å²) in [4.78, 5) is 25.1. The SMILES string of the molecule is CCCCC/C=C\C/C=C\CCCCCCCC(=O)O[C@@H](COCc1ccccc1)COC(=O)CCCCCCC/C=C\CCCCCCCC. The molecule has 0 radical (unpaired) electrons. The van der Waals surface area contributed by atoms with E-state index in [0.717, 1.165) is 63.4 Å². The van der Waals surface area contributed by atoms with Crippen LogP contribution in [0.25, 0.3) is 0 Å². The van der Waals surface area contributed by atoms with Crippen molar-refractivity contribution in [2.45, 2.75) is 193 Å². The quantitative estimate of drug-likeness (QED) is 0.0394. The van der Waals surface area contributed by atoms with E-state index in [2.05, 4.69) is 50.3 Å². The molecule has 0 fully saturated rings. The highest BCUT2D eigenvalue weighted by Gasteiger charge is 2.17. The molecule has 0 saturated heterocycles. The molecule has 0 aromatic heterocycles. The predicted molar refractivity (Wildman–Crippen MR) is 216 cm³/mol. The molecule has 0 unspecified atom stereocenters. The number of benzene rings is 1. The first-order valence-corrected chi connectivity index (χ1v) is 21.1. The number of hydrogen-bond donors (Lipinski definition) is 0. The molecule has 0 aliphatic heterocycles. The van der Waals surface area contributed by atoms with Gasteiger partial charge in [0.15, 0.2) is 6.10 Å². The smallest absolute Gasteiger partial charge is 0.306 e. The molecule has 5 nitrogen and oxygen atoms in total. The van der Waals surface area contributed by atoms with Gasteiger partial charge in [-0.3, -0.25) is 9.59 Å². The number of rotatable bonds is 36. The van der Waals surface area contributed by atoms with Crippen molar-refractivity contribution in [3.8, 4) is 0 Å². The van der Waals surface area contributed by atoms with E-state index in [-0.39, 0.29) is 25.2 Å². The lowest BCUT2D eigenvalue weighted by molar-refractivity contribution is -0.163. The zero-order chi connectivity index (χ0) is 36.7. The summed E-state index contributed by atoms with van der Waals surface area (Å²) in [6.07, 6.45) is 42.4. The average Bonchev–Trinajstić information content (AvgIpc) is 3.14. The Kier molecular flexibility index (Phi) is 33.7. The van der Waals surface area contributed by atoms with Crippen LogP contribution in [0, 0.1) is 0 Å². The fraction of sp³-hybridized carbons (Fsp3) is 0.696. The lowest BCUT2D eigenvalue weighted by Crippen LogP contribution is -2.29. The zero-order valence-electron chi connectivity index (χ0n) is 33.0. The Morgan fingerprint density at radius 3 is 1.55 bits per heavy atom. The van der Waals surface area contributed by atoms with Gasteiger partial charge in [-0.05, 0) is 76.2 Å². The number of hydrogen-bond acceptors (Lipinski definition) is 5. The number of unbranched alkanes of at least 4 members (excludes halogenated alkanes) is 19. The average molecular weight is 709 g/mol. The molecule has 0 bridgehead atoms. The second kappa shape index (κ2) is 37.1. The van der Waals surface area contributed by atoms with E-state index >= 15 is 0 Å². The Morgan fingerprint density at radius 1 is 0.529 bits per heavy atom. The van der Waals surface area contributed by atoms with E-state index in [1.54, 1.807) is 0 Å². The lowest BCUT2D eigenvalue weighted by Gasteiger charge is -2.18. The van der Waals surface area contributed by atoms with Crippen molar-refractivity contribution in [1.29, 1.82) is 0 Å².